The Balaban J connectivity index is 1.65. The molecule has 134 valence electrons. The van der Waals surface area contributed by atoms with Crippen LogP contribution < -0.4 is 20.7 Å². The topological polar surface area (TPSA) is 71.6 Å². The fourth-order valence-electron chi connectivity index (χ4n) is 2.49. The molecule has 0 aliphatic carbocycles. The lowest BCUT2D eigenvalue weighted by molar-refractivity contribution is 0.118. The van der Waals surface area contributed by atoms with Crippen molar-refractivity contribution in [2.24, 2.45) is 0 Å². The zero-order chi connectivity index (χ0) is 17.4. The van der Waals surface area contributed by atoms with E-state index < -0.39 is 6.09 Å². The number of piperidine rings is 1. The molecular weight excluding hydrogens is 306 g/mol. The molecule has 0 spiro atoms. The highest BCUT2D eigenvalue weighted by molar-refractivity contribution is 5.68. The van der Waals surface area contributed by atoms with Gasteiger partial charge in [-0.15, -0.1) is 0 Å². The van der Waals surface area contributed by atoms with Gasteiger partial charge in [-0.25, -0.2) is 4.79 Å². The zero-order valence-electron chi connectivity index (χ0n) is 14.9. The highest BCUT2D eigenvalue weighted by Crippen LogP contribution is 2.18. The van der Waals surface area contributed by atoms with Crippen LogP contribution in [0, 0.1) is 0 Å². The molecule has 6 heteroatoms. The van der Waals surface area contributed by atoms with Crippen molar-refractivity contribution in [3.05, 3.63) is 24.3 Å². The Bertz CT molecular complexity index is 505. The average molecular weight is 335 g/mol. The van der Waals surface area contributed by atoms with Crippen LogP contribution in [0.2, 0.25) is 0 Å². The first kappa shape index (κ1) is 18.4. The predicted molar refractivity (Wildman–Crippen MR) is 95.7 cm³/mol. The molecule has 1 saturated heterocycles. The van der Waals surface area contributed by atoms with Crippen LogP contribution in [0.15, 0.2) is 24.3 Å². The lowest BCUT2D eigenvalue weighted by atomic mass is 10.1. The minimum Gasteiger partial charge on any atom is -0.490 e. The average Bonchev–Trinajstić information content (AvgIpc) is 2.52. The molecule has 0 radical (unpaired) electrons. The van der Waals surface area contributed by atoms with Crippen molar-refractivity contribution in [2.45, 2.75) is 45.2 Å². The number of hydrogen-bond acceptors (Lipinski definition) is 5. The van der Waals surface area contributed by atoms with E-state index in [1.165, 1.54) is 0 Å². The molecule has 1 aromatic rings. The minimum atomic E-state index is -0.424. The van der Waals surface area contributed by atoms with E-state index in [-0.39, 0.29) is 12.1 Å². The van der Waals surface area contributed by atoms with Gasteiger partial charge in [0.2, 0.25) is 0 Å². The first-order valence-electron chi connectivity index (χ1n) is 8.57. The molecule has 1 aliphatic heterocycles. The van der Waals surface area contributed by atoms with Gasteiger partial charge in [0, 0.05) is 17.3 Å². The highest BCUT2D eigenvalue weighted by Gasteiger charge is 2.14. The monoisotopic (exact) mass is 335 g/mol. The van der Waals surface area contributed by atoms with E-state index >= 15 is 0 Å². The quantitative estimate of drug-likeness (QED) is 0.697. The number of alkyl carbamates (subject to hydrolysis) is 1. The first-order chi connectivity index (χ1) is 11.4. The number of carbonyl (C=O) groups excluding carboxylic acids is 1. The summed E-state index contributed by atoms with van der Waals surface area (Å²) in [6, 6.07) is 8.43. The van der Waals surface area contributed by atoms with E-state index in [1.54, 1.807) is 0 Å². The van der Waals surface area contributed by atoms with Crippen LogP contribution in [0.25, 0.3) is 0 Å². The molecule has 6 nitrogen and oxygen atoms in total. The van der Waals surface area contributed by atoms with Crippen LogP contribution in [0.1, 0.15) is 33.6 Å². The summed E-state index contributed by atoms with van der Waals surface area (Å²) in [4.78, 5) is 11.5. The molecular formula is C18H29N3O3. The van der Waals surface area contributed by atoms with Gasteiger partial charge in [0.05, 0.1) is 0 Å². The summed E-state index contributed by atoms with van der Waals surface area (Å²) in [5.74, 6) is 0.769. The molecule has 0 unspecified atom stereocenters. The maximum atomic E-state index is 11.5. The second kappa shape index (κ2) is 8.78. The highest BCUT2D eigenvalue weighted by atomic mass is 16.6. The van der Waals surface area contributed by atoms with Crippen LogP contribution in [0.3, 0.4) is 0 Å². The Kier molecular flexibility index (Phi) is 6.73. The van der Waals surface area contributed by atoms with Gasteiger partial charge in [-0.1, -0.05) is 0 Å². The number of nitrogens with one attached hydrogen (secondary N) is 3. The molecule has 1 aliphatic rings. The summed E-state index contributed by atoms with van der Waals surface area (Å²) >= 11 is 0. The largest absolute Gasteiger partial charge is 0.490 e. The van der Waals surface area contributed by atoms with Crippen LogP contribution in [0.4, 0.5) is 10.5 Å². The number of ether oxygens (including phenoxy) is 2. The van der Waals surface area contributed by atoms with Gasteiger partial charge in [-0.05, 0) is 71.0 Å². The smallest absolute Gasteiger partial charge is 0.407 e. The van der Waals surface area contributed by atoms with Crippen molar-refractivity contribution < 1.29 is 14.3 Å². The number of hydrogen-bond donors (Lipinski definition) is 3. The molecule has 1 fully saturated rings. The Morgan fingerprint density at radius 1 is 1.17 bits per heavy atom. The molecule has 1 aromatic carbocycles. The second-order valence-electron chi connectivity index (χ2n) is 7.05. The lowest BCUT2D eigenvalue weighted by Crippen LogP contribution is -2.41. The van der Waals surface area contributed by atoms with Crippen LogP contribution in [-0.4, -0.2) is 44.0 Å². The summed E-state index contributed by atoms with van der Waals surface area (Å²) in [7, 11) is 0. The normalized spacial score (nSPS) is 15.6. The predicted octanol–water partition coefficient (Wildman–Crippen LogP) is 2.75. The van der Waals surface area contributed by atoms with Gasteiger partial charge >= 0.3 is 6.09 Å². The molecule has 0 saturated carbocycles. The summed E-state index contributed by atoms with van der Waals surface area (Å²) < 4.78 is 10.7. The van der Waals surface area contributed by atoms with Crippen molar-refractivity contribution in [1.29, 1.82) is 0 Å². The lowest BCUT2D eigenvalue weighted by Gasteiger charge is -2.24. The van der Waals surface area contributed by atoms with Crippen molar-refractivity contribution in [1.82, 2.24) is 10.6 Å². The third kappa shape index (κ3) is 7.08. The fourth-order valence-corrected chi connectivity index (χ4v) is 2.49. The molecule has 0 bridgehead atoms. The van der Waals surface area contributed by atoms with E-state index in [1.807, 2.05) is 45.0 Å². The Labute approximate surface area is 144 Å². The van der Waals surface area contributed by atoms with E-state index in [0.29, 0.717) is 12.6 Å². The summed E-state index contributed by atoms with van der Waals surface area (Å²) in [6.45, 7) is 8.41. The zero-order valence-corrected chi connectivity index (χ0v) is 14.9. The third-order valence-electron chi connectivity index (χ3n) is 3.63. The first-order valence-corrected chi connectivity index (χ1v) is 8.57. The van der Waals surface area contributed by atoms with E-state index in [9.17, 15) is 4.79 Å². The Hall–Kier alpha value is -1.95. The maximum absolute atomic E-state index is 11.5. The SMILES string of the molecule is CC(C)(C)NC(=O)OCCOc1ccc(NC2CCNCC2)cc1. The molecule has 3 N–H and O–H groups in total. The second-order valence-corrected chi connectivity index (χ2v) is 7.05. The fraction of sp³-hybridized carbons (Fsp3) is 0.611. The van der Waals surface area contributed by atoms with Crippen LogP contribution in [-0.2, 0) is 4.74 Å². The van der Waals surface area contributed by atoms with Crippen molar-refractivity contribution >= 4 is 11.8 Å². The standard InChI is InChI=1S/C18H29N3O3/c1-18(2,3)21-17(22)24-13-12-23-16-6-4-14(5-7-16)20-15-8-10-19-11-9-15/h4-7,15,19-20H,8-13H2,1-3H3,(H,21,22). The van der Waals surface area contributed by atoms with Crippen LogP contribution in [0.5, 0.6) is 5.75 Å². The van der Waals surface area contributed by atoms with Gasteiger partial charge in [0.15, 0.2) is 0 Å². The molecule has 24 heavy (non-hydrogen) atoms. The molecule has 0 aromatic heterocycles. The van der Waals surface area contributed by atoms with Gasteiger partial charge in [-0.2, -0.15) is 0 Å². The van der Waals surface area contributed by atoms with Gasteiger partial charge in [-0.3, -0.25) is 0 Å². The molecule has 0 atom stereocenters. The minimum absolute atomic E-state index is 0.219. The number of carbonyl (C=O) groups is 1. The third-order valence-corrected chi connectivity index (χ3v) is 3.63. The molecule has 2 rings (SSSR count). The number of anilines is 1. The van der Waals surface area contributed by atoms with E-state index in [4.69, 9.17) is 9.47 Å². The van der Waals surface area contributed by atoms with Crippen LogP contribution >= 0.6 is 0 Å². The number of rotatable bonds is 6. The maximum Gasteiger partial charge on any atom is 0.407 e. The van der Waals surface area contributed by atoms with Gasteiger partial charge in [0.25, 0.3) is 0 Å². The van der Waals surface area contributed by atoms with E-state index in [0.717, 1.165) is 37.4 Å². The number of amides is 1. The van der Waals surface area contributed by atoms with Crippen molar-refractivity contribution in [3.63, 3.8) is 0 Å². The van der Waals surface area contributed by atoms with Gasteiger partial charge in [0.1, 0.15) is 19.0 Å². The van der Waals surface area contributed by atoms with Crippen molar-refractivity contribution in [2.75, 3.05) is 31.6 Å². The molecule has 1 heterocycles. The summed E-state index contributed by atoms with van der Waals surface area (Å²) in [5, 5.41) is 9.63. The summed E-state index contributed by atoms with van der Waals surface area (Å²) in [6.07, 6.45) is 1.87. The summed E-state index contributed by atoms with van der Waals surface area (Å²) in [5.41, 5.74) is 0.810. The van der Waals surface area contributed by atoms with Crippen molar-refractivity contribution in [3.8, 4) is 5.75 Å². The number of benzene rings is 1. The Morgan fingerprint density at radius 2 is 1.83 bits per heavy atom. The Morgan fingerprint density at radius 3 is 2.46 bits per heavy atom. The van der Waals surface area contributed by atoms with Gasteiger partial charge < -0.3 is 25.4 Å². The van der Waals surface area contributed by atoms with E-state index in [2.05, 4.69) is 16.0 Å². The molecule has 1 amide bonds.